The van der Waals surface area contributed by atoms with Crippen LogP contribution in [-0.2, 0) is 4.79 Å². The van der Waals surface area contributed by atoms with Crippen LogP contribution in [-0.4, -0.2) is 40.8 Å². The zero-order chi connectivity index (χ0) is 15.2. The number of carboxylic acid groups (broad SMARTS) is 1. The number of carbonyl (C=O) groups is 2. The first-order valence-electron chi connectivity index (χ1n) is 6.58. The van der Waals surface area contributed by atoms with E-state index in [0.29, 0.717) is 40.9 Å². The lowest BCUT2D eigenvalue weighted by Crippen LogP contribution is -2.50. The molecule has 2 aliphatic rings. The van der Waals surface area contributed by atoms with Gasteiger partial charge in [-0.05, 0) is 47.8 Å². The zero-order valence-corrected chi connectivity index (χ0v) is 13.0. The first kappa shape index (κ1) is 14.2. The third-order valence-corrected chi connectivity index (χ3v) is 4.61. The summed E-state index contributed by atoms with van der Waals surface area (Å²) in [4.78, 5) is 25.6. The van der Waals surface area contributed by atoms with Gasteiger partial charge >= 0.3 is 5.97 Å². The van der Waals surface area contributed by atoms with E-state index in [1.165, 1.54) is 4.90 Å². The molecule has 1 saturated heterocycles. The topological polar surface area (TPSA) is 76.1 Å². The van der Waals surface area contributed by atoms with E-state index in [1.54, 1.807) is 19.1 Å². The Morgan fingerprint density at radius 1 is 1.38 bits per heavy atom. The normalized spacial score (nSPS) is 23.4. The maximum atomic E-state index is 12.7. The highest BCUT2D eigenvalue weighted by molar-refractivity contribution is 9.10. The van der Waals surface area contributed by atoms with Gasteiger partial charge in [-0.15, -0.1) is 0 Å². The van der Waals surface area contributed by atoms with Crippen molar-refractivity contribution < 1.29 is 24.2 Å². The molecule has 1 aromatic rings. The summed E-state index contributed by atoms with van der Waals surface area (Å²) in [6, 6.07) is 3.23. The number of carbonyl (C=O) groups excluding carboxylic acids is 1. The Balaban J connectivity index is 1.96. The average molecular weight is 356 g/mol. The number of likely N-dealkylation sites (tertiary alicyclic amines) is 1. The number of halogens is 1. The highest BCUT2D eigenvalue weighted by Crippen LogP contribution is 2.41. The molecule has 1 atom stereocenters. The fourth-order valence-corrected chi connectivity index (χ4v) is 3.31. The highest BCUT2D eigenvalue weighted by atomic mass is 79.9. The summed E-state index contributed by atoms with van der Waals surface area (Å²) in [7, 11) is 0. The maximum Gasteiger partial charge on any atom is 0.329 e. The van der Waals surface area contributed by atoms with Crippen LogP contribution in [0.3, 0.4) is 0 Å². The Morgan fingerprint density at radius 2 is 2.14 bits per heavy atom. The van der Waals surface area contributed by atoms with E-state index in [4.69, 9.17) is 9.47 Å². The van der Waals surface area contributed by atoms with Gasteiger partial charge in [-0.2, -0.15) is 0 Å². The van der Waals surface area contributed by atoms with Crippen molar-refractivity contribution in [3.63, 3.8) is 0 Å². The number of ether oxygens (including phenoxy) is 2. The summed E-state index contributed by atoms with van der Waals surface area (Å²) in [6.45, 7) is 2.14. The van der Waals surface area contributed by atoms with E-state index in [0.717, 1.165) is 0 Å². The lowest BCUT2D eigenvalue weighted by atomic mass is 9.98. The second kappa shape index (κ2) is 4.91. The van der Waals surface area contributed by atoms with Crippen molar-refractivity contribution in [3.05, 3.63) is 22.2 Å². The van der Waals surface area contributed by atoms with Crippen LogP contribution in [0.1, 0.15) is 30.1 Å². The predicted molar refractivity (Wildman–Crippen MR) is 76.6 cm³/mol. The molecule has 7 heteroatoms. The van der Waals surface area contributed by atoms with E-state index >= 15 is 0 Å². The molecule has 0 spiro atoms. The molecule has 1 aromatic carbocycles. The average Bonchev–Trinajstić information content (AvgIpc) is 3.05. The fraction of sp³-hybridized carbons (Fsp3) is 0.429. The molecule has 1 amide bonds. The van der Waals surface area contributed by atoms with Crippen LogP contribution in [0.5, 0.6) is 11.5 Å². The lowest BCUT2D eigenvalue weighted by molar-refractivity contribution is -0.147. The predicted octanol–water partition coefficient (Wildman–Crippen LogP) is 2.26. The van der Waals surface area contributed by atoms with Gasteiger partial charge in [-0.3, -0.25) is 4.79 Å². The largest absolute Gasteiger partial charge is 0.480 e. The van der Waals surface area contributed by atoms with Crippen LogP contribution in [0.4, 0.5) is 0 Å². The summed E-state index contributed by atoms with van der Waals surface area (Å²) in [5.41, 5.74) is -0.763. The molecule has 21 heavy (non-hydrogen) atoms. The molecule has 1 N–H and O–H groups in total. The summed E-state index contributed by atoms with van der Waals surface area (Å²) >= 11 is 3.34. The van der Waals surface area contributed by atoms with Crippen molar-refractivity contribution in [3.8, 4) is 11.5 Å². The third-order valence-electron chi connectivity index (χ3n) is 4.02. The number of hydrogen-bond donors (Lipinski definition) is 1. The number of fused-ring (bicyclic) bond motifs is 1. The number of carboxylic acids is 1. The van der Waals surface area contributed by atoms with Crippen molar-refractivity contribution in [2.45, 2.75) is 25.3 Å². The van der Waals surface area contributed by atoms with E-state index in [-0.39, 0.29) is 12.7 Å². The number of nitrogens with zero attached hydrogens (tertiary/aromatic N) is 1. The summed E-state index contributed by atoms with van der Waals surface area (Å²) in [5, 5.41) is 9.40. The van der Waals surface area contributed by atoms with Crippen molar-refractivity contribution in [1.82, 2.24) is 4.90 Å². The molecular formula is C14H14BrNO5. The smallest absolute Gasteiger partial charge is 0.329 e. The SMILES string of the molecule is CC1(C(=O)O)CCCN1C(=O)c1cc(Br)c2c(c1)OCO2. The Labute approximate surface area is 129 Å². The molecule has 0 saturated carbocycles. The zero-order valence-electron chi connectivity index (χ0n) is 11.4. The standard InChI is InChI=1S/C14H14BrNO5/c1-14(13(18)19)3-2-4-16(14)12(17)8-5-9(15)11-10(6-8)20-7-21-11/h5-6H,2-4,7H2,1H3,(H,18,19). The second-order valence-corrected chi connectivity index (χ2v) is 6.19. The molecule has 0 radical (unpaired) electrons. The van der Waals surface area contributed by atoms with Gasteiger partial charge in [-0.25, -0.2) is 4.79 Å². The molecule has 0 bridgehead atoms. The van der Waals surface area contributed by atoms with E-state index < -0.39 is 11.5 Å². The van der Waals surface area contributed by atoms with Gasteiger partial charge in [0.25, 0.3) is 5.91 Å². The van der Waals surface area contributed by atoms with E-state index in [2.05, 4.69) is 15.9 Å². The van der Waals surface area contributed by atoms with Gasteiger partial charge in [0.15, 0.2) is 11.5 Å². The van der Waals surface area contributed by atoms with Crippen molar-refractivity contribution in [2.24, 2.45) is 0 Å². The first-order chi connectivity index (χ1) is 9.93. The Bertz CT molecular complexity index is 632. The quantitative estimate of drug-likeness (QED) is 0.880. The first-order valence-corrected chi connectivity index (χ1v) is 7.37. The molecule has 2 aliphatic heterocycles. The molecule has 6 nitrogen and oxygen atoms in total. The Hall–Kier alpha value is -1.76. The molecule has 1 unspecified atom stereocenters. The molecule has 112 valence electrons. The van der Waals surface area contributed by atoms with Crippen molar-refractivity contribution in [1.29, 1.82) is 0 Å². The number of aliphatic carboxylic acids is 1. The van der Waals surface area contributed by atoms with E-state index in [1.807, 2.05) is 0 Å². The number of benzene rings is 1. The lowest BCUT2D eigenvalue weighted by Gasteiger charge is -2.31. The van der Waals surface area contributed by atoms with Gasteiger partial charge in [-0.1, -0.05) is 0 Å². The number of rotatable bonds is 2. The minimum absolute atomic E-state index is 0.113. The molecular weight excluding hydrogens is 342 g/mol. The summed E-state index contributed by atoms with van der Waals surface area (Å²) < 4.78 is 11.2. The molecule has 0 aliphatic carbocycles. The fourth-order valence-electron chi connectivity index (χ4n) is 2.76. The summed E-state index contributed by atoms with van der Waals surface area (Å²) in [5.74, 6) is -0.234. The monoisotopic (exact) mass is 355 g/mol. The Kier molecular flexibility index (Phi) is 3.32. The second-order valence-electron chi connectivity index (χ2n) is 5.33. The van der Waals surface area contributed by atoms with Crippen LogP contribution < -0.4 is 9.47 Å². The van der Waals surface area contributed by atoms with Crippen molar-refractivity contribution >= 4 is 27.8 Å². The molecule has 1 fully saturated rings. The highest BCUT2D eigenvalue weighted by Gasteiger charge is 2.46. The molecule has 2 heterocycles. The van der Waals surface area contributed by atoms with Gasteiger partial charge in [0.2, 0.25) is 6.79 Å². The van der Waals surface area contributed by atoms with Crippen LogP contribution in [0.25, 0.3) is 0 Å². The van der Waals surface area contributed by atoms with Crippen LogP contribution >= 0.6 is 15.9 Å². The van der Waals surface area contributed by atoms with Crippen LogP contribution in [0.15, 0.2) is 16.6 Å². The Morgan fingerprint density at radius 3 is 2.86 bits per heavy atom. The van der Waals surface area contributed by atoms with E-state index in [9.17, 15) is 14.7 Å². The number of hydrogen-bond acceptors (Lipinski definition) is 4. The summed E-state index contributed by atoms with van der Waals surface area (Å²) in [6.07, 6.45) is 1.14. The maximum absolute atomic E-state index is 12.7. The minimum atomic E-state index is -1.15. The van der Waals surface area contributed by atoms with Crippen LogP contribution in [0, 0.1) is 0 Å². The van der Waals surface area contributed by atoms with Gasteiger partial charge in [0.05, 0.1) is 4.47 Å². The van der Waals surface area contributed by atoms with Crippen molar-refractivity contribution in [2.75, 3.05) is 13.3 Å². The molecule has 3 rings (SSSR count). The number of amides is 1. The minimum Gasteiger partial charge on any atom is -0.480 e. The van der Waals surface area contributed by atoms with Gasteiger partial charge in [0.1, 0.15) is 5.54 Å². The van der Waals surface area contributed by atoms with Gasteiger partial charge < -0.3 is 19.5 Å². The third kappa shape index (κ3) is 2.16. The van der Waals surface area contributed by atoms with Crippen LogP contribution in [0.2, 0.25) is 0 Å². The molecule has 0 aromatic heterocycles. The van der Waals surface area contributed by atoms with Gasteiger partial charge in [0, 0.05) is 12.1 Å².